The third kappa shape index (κ3) is 4.52. The van der Waals surface area contributed by atoms with E-state index in [9.17, 15) is 4.79 Å². The lowest BCUT2D eigenvalue weighted by Gasteiger charge is -2.24. The van der Waals surface area contributed by atoms with Gasteiger partial charge in [-0.1, -0.05) is 30.2 Å². The second-order valence-electron chi connectivity index (χ2n) is 7.20. The van der Waals surface area contributed by atoms with Gasteiger partial charge < -0.3 is 4.90 Å². The first-order valence-electron chi connectivity index (χ1n) is 8.79. The van der Waals surface area contributed by atoms with Crippen LogP contribution in [0.25, 0.3) is 10.2 Å². The molecule has 0 N–H and O–H groups in total. The molecule has 0 atom stereocenters. The Balaban J connectivity index is 0.00000225. The van der Waals surface area contributed by atoms with Crippen molar-refractivity contribution in [3.8, 4) is 0 Å². The lowest BCUT2D eigenvalue weighted by Crippen LogP contribution is -2.39. The highest BCUT2D eigenvalue weighted by molar-refractivity contribution is 7.22. The number of amides is 1. The number of carbonyl (C=O) groups excluding carboxylic acids is 1. The van der Waals surface area contributed by atoms with E-state index in [1.54, 1.807) is 11.3 Å². The van der Waals surface area contributed by atoms with Gasteiger partial charge in [0.15, 0.2) is 5.13 Å². The van der Waals surface area contributed by atoms with Crippen molar-refractivity contribution in [1.82, 2.24) is 9.88 Å². The van der Waals surface area contributed by atoms with Gasteiger partial charge in [0.05, 0.1) is 10.2 Å². The highest BCUT2D eigenvalue weighted by Crippen LogP contribution is 2.34. The second-order valence-corrected chi connectivity index (χ2v) is 8.18. The van der Waals surface area contributed by atoms with Gasteiger partial charge in [0.1, 0.15) is 0 Å². The van der Waals surface area contributed by atoms with Crippen LogP contribution in [0.3, 0.4) is 0 Å². The predicted molar refractivity (Wildman–Crippen MR) is 109 cm³/mol. The van der Waals surface area contributed by atoms with Crippen LogP contribution in [0.1, 0.15) is 36.8 Å². The van der Waals surface area contributed by atoms with Crippen LogP contribution in [0.2, 0.25) is 0 Å². The molecule has 2 aromatic rings. The van der Waals surface area contributed by atoms with Gasteiger partial charge in [-0.05, 0) is 58.0 Å². The number of aromatic nitrogens is 1. The van der Waals surface area contributed by atoms with Crippen molar-refractivity contribution in [2.45, 2.75) is 39.5 Å². The van der Waals surface area contributed by atoms with E-state index in [2.05, 4.69) is 30.9 Å². The van der Waals surface area contributed by atoms with Gasteiger partial charge in [-0.2, -0.15) is 0 Å². The molecule has 0 bridgehead atoms. The van der Waals surface area contributed by atoms with Crippen LogP contribution in [0.5, 0.6) is 0 Å². The number of fused-ring (bicyclic) bond motifs is 1. The Kier molecular flexibility index (Phi) is 6.83. The molecule has 6 heteroatoms. The molecule has 1 aromatic carbocycles. The summed E-state index contributed by atoms with van der Waals surface area (Å²) < 4.78 is 1.20. The van der Waals surface area contributed by atoms with Gasteiger partial charge in [-0.15, -0.1) is 12.4 Å². The maximum Gasteiger partial charge on any atom is 0.231 e. The van der Waals surface area contributed by atoms with Crippen LogP contribution in [0, 0.1) is 19.8 Å². The van der Waals surface area contributed by atoms with Crippen molar-refractivity contribution in [2.24, 2.45) is 5.92 Å². The number of nitrogens with zero attached hydrogens (tertiary/aromatic N) is 3. The summed E-state index contributed by atoms with van der Waals surface area (Å²) in [5.41, 5.74) is 3.48. The summed E-state index contributed by atoms with van der Waals surface area (Å²) in [6.45, 7) is 5.78. The van der Waals surface area contributed by atoms with E-state index in [0.717, 1.165) is 30.0 Å². The SMILES string of the molecule is Cc1cc(C)c2sc(N(CCN(C)C)C(=O)C3CCCC3)nc2c1.Cl. The molecule has 1 saturated carbocycles. The first kappa shape index (κ1) is 20.1. The summed E-state index contributed by atoms with van der Waals surface area (Å²) in [7, 11) is 4.09. The van der Waals surface area contributed by atoms with E-state index in [4.69, 9.17) is 4.98 Å². The molecule has 3 rings (SSSR count). The molecule has 0 saturated heterocycles. The van der Waals surface area contributed by atoms with Crippen molar-refractivity contribution in [3.63, 3.8) is 0 Å². The van der Waals surface area contributed by atoms with Gasteiger partial charge in [0.25, 0.3) is 0 Å². The predicted octanol–water partition coefficient (Wildman–Crippen LogP) is 4.42. The van der Waals surface area contributed by atoms with E-state index < -0.39 is 0 Å². The quantitative estimate of drug-likeness (QED) is 0.769. The summed E-state index contributed by atoms with van der Waals surface area (Å²) >= 11 is 1.65. The molecule has 0 radical (unpaired) electrons. The number of thiazole rings is 1. The molecular formula is C19H28ClN3OS. The lowest BCUT2D eigenvalue weighted by atomic mass is 10.1. The molecule has 1 heterocycles. The van der Waals surface area contributed by atoms with Crippen LogP contribution in [-0.4, -0.2) is 43.0 Å². The van der Waals surface area contributed by atoms with Gasteiger partial charge in [0.2, 0.25) is 5.91 Å². The standard InChI is InChI=1S/C19H27N3OS.ClH/c1-13-11-14(2)17-16(12-13)20-19(24-17)22(10-9-21(3)4)18(23)15-7-5-6-8-15;/h11-12,15H,5-10H2,1-4H3;1H. The Hall–Kier alpha value is -1.17. The highest BCUT2D eigenvalue weighted by atomic mass is 35.5. The average molecular weight is 382 g/mol. The zero-order valence-electron chi connectivity index (χ0n) is 15.5. The fourth-order valence-electron chi connectivity index (χ4n) is 3.47. The van der Waals surface area contributed by atoms with Crippen molar-refractivity contribution in [1.29, 1.82) is 0 Å². The third-order valence-corrected chi connectivity index (χ3v) is 6.01. The van der Waals surface area contributed by atoms with Crippen LogP contribution in [-0.2, 0) is 4.79 Å². The normalized spacial score (nSPS) is 14.9. The second kappa shape index (κ2) is 8.47. The van der Waals surface area contributed by atoms with Gasteiger partial charge in [-0.25, -0.2) is 4.98 Å². The summed E-state index contributed by atoms with van der Waals surface area (Å²) in [6.07, 6.45) is 4.41. The van der Waals surface area contributed by atoms with Crippen LogP contribution < -0.4 is 4.90 Å². The first-order chi connectivity index (χ1) is 11.5. The first-order valence-corrected chi connectivity index (χ1v) is 9.61. The summed E-state index contributed by atoms with van der Waals surface area (Å²) in [5.74, 6) is 0.449. The molecular weight excluding hydrogens is 354 g/mol. The number of rotatable bonds is 5. The molecule has 0 spiro atoms. The minimum atomic E-state index is 0. The summed E-state index contributed by atoms with van der Waals surface area (Å²) in [6, 6.07) is 4.31. The fourth-order valence-corrected chi connectivity index (χ4v) is 4.52. The summed E-state index contributed by atoms with van der Waals surface area (Å²) in [4.78, 5) is 21.9. The highest BCUT2D eigenvalue weighted by Gasteiger charge is 2.29. The Morgan fingerprint density at radius 1 is 1.20 bits per heavy atom. The largest absolute Gasteiger partial charge is 0.308 e. The number of carbonyl (C=O) groups is 1. The number of benzene rings is 1. The monoisotopic (exact) mass is 381 g/mol. The Morgan fingerprint density at radius 3 is 2.52 bits per heavy atom. The van der Waals surface area contributed by atoms with E-state index >= 15 is 0 Å². The van der Waals surface area contributed by atoms with E-state index in [1.165, 1.54) is 28.7 Å². The number of anilines is 1. The van der Waals surface area contributed by atoms with Gasteiger partial charge >= 0.3 is 0 Å². The Labute approximate surface area is 160 Å². The van der Waals surface area contributed by atoms with Crippen LogP contribution in [0.4, 0.5) is 5.13 Å². The molecule has 25 heavy (non-hydrogen) atoms. The molecule has 1 aromatic heterocycles. The molecule has 4 nitrogen and oxygen atoms in total. The zero-order valence-corrected chi connectivity index (χ0v) is 17.2. The molecule has 1 fully saturated rings. The van der Waals surface area contributed by atoms with Gasteiger partial charge in [0, 0.05) is 19.0 Å². The number of aryl methyl sites for hydroxylation is 2. The molecule has 1 amide bonds. The number of halogens is 1. The van der Waals surface area contributed by atoms with Crippen LogP contribution >= 0.6 is 23.7 Å². The maximum atomic E-state index is 13.1. The van der Waals surface area contributed by atoms with E-state index in [0.29, 0.717) is 6.54 Å². The number of likely N-dealkylation sites (N-methyl/N-ethyl adjacent to an activating group) is 1. The molecule has 138 valence electrons. The van der Waals surface area contributed by atoms with Gasteiger partial charge in [-0.3, -0.25) is 9.69 Å². The summed E-state index contributed by atoms with van der Waals surface area (Å²) in [5, 5.41) is 0.859. The lowest BCUT2D eigenvalue weighted by molar-refractivity contribution is -0.122. The van der Waals surface area contributed by atoms with Crippen molar-refractivity contribution in [2.75, 3.05) is 32.1 Å². The van der Waals surface area contributed by atoms with Crippen molar-refractivity contribution >= 4 is 45.0 Å². The molecule has 1 aliphatic rings. The van der Waals surface area contributed by atoms with Crippen LogP contribution in [0.15, 0.2) is 12.1 Å². The maximum absolute atomic E-state index is 13.1. The third-order valence-electron chi connectivity index (χ3n) is 4.78. The number of hydrogen-bond acceptors (Lipinski definition) is 4. The molecule has 0 aliphatic heterocycles. The smallest absolute Gasteiger partial charge is 0.231 e. The van der Waals surface area contributed by atoms with Crippen molar-refractivity contribution in [3.05, 3.63) is 23.3 Å². The zero-order chi connectivity index (χ0) is 17.3. The molecule has 1 aliphatic carbocycles. The number of hydrogen-bond donors (Lipinski definition) is 0. The Bertz CT molecular complexity index is 738. The minimum absolute atomic E-state index is 0. The minimum Gasteiger partial charge on any atom is -0.308 e. The van der Waals surface area contributed by atoms with E-state index in [1.807, 2.05) is 19.0 Å². The average Bonchev–Trinajstić information content (AvgIpc) is 3.16. The molecule has 0 unspecified atom stereocenters. The topological polar surface area (TPSA) is 36.4 Å². The van der Waals surface area contributed by atoms with Crippen molar-refractivity contribution < 1.29 is 4.79 Å². The Morgan fingerprint density at radius 2 is 1.88 bits per heavy atom. The fraction of sp³-hybridized carbons (Fsp3) is 0.579. The van der Waals surface area contributed by atoms with E-state index in [-0.39, 0.29) is 24.2 Å².